The second kappa shape index (κ2) is 8.13. The SMILES string of the molecule is CSCCCNC(C)c1ccc(-c2ccccc2)cc1. The van der Waals surface area contributed by atoms with Crippen molar-refractivity contribution >= 4 is 11.8 Å². The molecule has 0 radical (unpaired) electrons. The Kier molecular flexibility index (Phi) is 6.16. The normalized spacial score (nSPS) is 12.3. The Morgan fingerprint density at radius 2 is 1.60 bits per heavy atom. The van der Waals surface area contributed by atoms with E-state index in [2.05, 4.69) is 73.1 Å². The minimum Gasteiger partial charge on any atom is -0.310 e. The monoisotopic (exact) mass is 285 g/mol. The van der Waals surface area contributed by atoms with Gasteiger partial charge in [-0.05, 0) is 48.6 Å². The Labute approximate surface area is 126 Å². The molecule has 0 fully saturated rings. The number of nitrogens with one attached hydrogen (secondary N) is 1. The fourth-order valence-electron chi connectivity index (χ4n) is 2.25. The van der Waals surface area contributed by atoms with Crippen LogP contribution in [0.4, 0.5) is 0 Å². The molecule has 2 aromatic rings. The Hall–Kier alpha value is -1.25. The highest BCUT2D eigenvalue weighted by atomic mass is 32.2. The molecule has 2 aromatic carbocycles. The van der Waals surface area contributed by atoms with Crippen molar-refractivity contribution in [3.63, 3.8) is 0 Å². The predicted octanol–water partition coefficient (Wildman–Crippen LogP) is 4.76. The van der Waals surface area contributed by atoms with Crippen LogP contribution < -0.4 is 5.32 Å². The van der Waals surface area contributed by atoms with E-state index in [-0.39, 0.29) is 0 Å². The second-order valence-electron chi connectivity index (χ2n) is 5.01. The van der Waals surface area contributed by atoms with E-state index in [0.29, 0.717) is 6.04 Å². The molecule has 2 heteroatoms. The summed E-state index contributed by atoms with van der Waals surface area (Å²) < 4.78 is 0. The third-order valence-corrected chi connectivity index (χ3v) is 4.19. The Morgan fingerprint density at radius 3 is 2.25 bits per heavy atom. The van der Waals surface area contributed by atoms with Gasteiger partial charge in [0.2, 0.25) is 0 Å². The van der Waals surface area contributed by atoms with E-state index < -0.39 is 0 Å². The maximum atomic E-state index is 3.58. The van der Waals surface area contributed by atoms with Crippen LogP contribution in [0.25, 0.3) is 11.1 Å². The van der Waals surface area contributed by atoms with Crippen molar-refractivity contribution in [2.75, 3.05) is 18.6 Å². The van der Waals surface area contributed by atoms with E-state index in [1.165, 1.54) is 28.9 Å². The lowest BCUT2D eigenvalue weighted by Crippen LogP contribution is -2.20. The summed E-state index contributed by atoms with van der Waals surface area (Å²) in [5, 5.41) is 3.58. The molecule has 1 N–H and O–H groups in total. The molecule has 0 amide bonds. The highest BCUT2D eigenvalue weighted by molar-refractivity contribution is 7.98. The number of thioether (sulfide) groups is 1. The van der Waals surface area contributed by atoms with E-state index in [0.717, 1.165) is 6.54 Å². The number of hydrogen-bond acceptors (Lipinski definition) is 2. The van der Waals surface area contributed by atoms with Crippen molar-refractivity contribution in [2.45, 2.75) is 19.4 Å². The van der Waals surface area contributed by atoms with Crippen LogP contribution >= 0.6 is 11.8 Å². The van der Waals surface area contributed by atoms with Gasteiger partial charge in [-0.1, -0.05) is 54.6 Å². The van der Waals surface area contributed by atoms with Gasteiger partial charge in [0.1, 0.15) is 0 Å². The minimum atomic E-state index is 0.418. The fraction of sp³-hybridized carbons (Fsp3) is 0.333. The first-order chi connectivity index (χ1) is 9.81. The zero-order valence-corrected chi connectivity index (χ0v) is 13.1. The maximum absolute atomic E-state index is 3.58. The van der Waals surface area contributed by atoms with Crippen molar-refractivity contribution in [2.24, 2.45) is 0 Å². The molecule has 1 atom stereocenters. The van der Waals surface area contributed by atoms with E-state index in [1.54, 1.807) is 0 Å². The first-order valence-corrected chi connectivity index (χ1v) is 8.58. The van der Waals surface area contributed by atoms with Gasteiger partial charge in [-0.25, -0.2) is 0 Å². The third-order valence-electron chi connectivity index (χ3n) is 3.49. The summed E-state index contributed by atoms with van der Waals surface area (Å²) in [6, 6.07) is 19.8. The molecular weight excluding hydrogens is 262 g/mol. The van der Waals surface area contributed by atoms with Crippen LogP contribution in [-0.4, -0.2) is 18.6 Å². The summed E-state index contributed by atoms with van der Waals surface area (Å²) in [5.41, 5.74) is 3.91. The van der Waals surface area contributed by atoms with Crippen LogP contribution in [0.15, 0.2) is 54.6 Å². The zero-order valence-electron chi connectivity index (χ0n) is 12.3. The number of hydrogen-bond donors (Lipinski definition) is 1. The predicted molar refractivity (Wildman–Crippen MR) is 91.3 cm³/mol. The van der Waals surface area contributed by atoms with E-state index in [9.17, 15) is 0 Å². The van der Waals surface area contributed by atoms with Gasteiger partial charge >= 0.3 is 0 Å². The molecule has 0 bridgehead atoms. The smallest absolute Gasteiger partial charge is 0.0291 e. The van der Waals surface area contributed by atoms with Crippen LogP contribution in [0, 0.1) is 0 Å². The molecule has 1 nitrogen and oxygen atoms in total. The van der Waals surface area contributed by atoms with Crippen molar-refractivity contribution in [3.05, 3.63) is 60.2 Å². The summed E-state index contributed by atoms with van der Waals surface area (Å²) in [4.78, 5) is 0. The molecule has 0 aromatic heterocycles. The molecule has 0 aliphatic heterocycles. The first kappa shape index (κ1) is 15.1. The summed E-state index contributed by atoms with van der Waals surface area (Å²) in [6.07, 6.45) is 3.39. The topological polar surface area (TPSA) is 12.0 Å². The molecule has 0 aliphatic carbocycles. The summed E-state index contributed by atoms with van der Waals surface area (Å²) in [5.74, 6) is 1.23. The lowest BCUT2D eigenvalue weighted by molar-refractivity contribution is 0.572. The minimum absolute atomic E-state index is 0.418. The van der Waals surface area contributed by atoms with Gasteiger partial charge in [0, 0.05) is 6.04 Å². The van der Waals surface area contributed by atoms with E-state index in [4.69, 9.17) is 0 Å². The maximum Gasteiger partial charge on any atom is 0.0291 e. The Morgan fingerprint density at radius 1 is 0.950 bits per heavy atom. The first-order valence-electron chi connectivity index (χ1n) is 7.19. The molecule has 0 saturated carbocycles. The van der Waals surface area contributed by atoms with Gasteiger partial charge in [0.05, 0.1) is 0 Å². The highest BCUT2D eigenvalue weighted by Gasteiger charge is 2.04. The average Bonchev–Trinajstić information content (AvgIpc) is 2.52. The lowest BCUT2D eigenvalue weighted by Gasteiger charge is -2.14. The molecule has 0 saturated heterocycles. The molecule has 2 rings (SSSR count). The van der Waals surface area contributed by atoms with Crippen molar-refractivity contribution in [1.29, 1.82) is 0 Å². The summed E-state index contributed by atoms with van der Waals surface area (Å²) >= 11 is 1.91. The van der Waals surface area contributed by atoms with E-state index >= 15 is 0 Å². The van der Waals surface area contributed by atoms with Crippen LogP contribution in [0.5, 0.6) is 0 Å². The lowest BCUT2D eigenvalue weighted by atomic mass is 10.0. The molecule has 0 aliphatic rings. The molecule has 20 heavy (non-hydrogen) atoms. The molecule has 0 spiro atoms. The Bertz CT molecular complexity index is 493. The average molecular weight is 285 g/mol. The van der Waals surface area contributed by atoms with Crippen LogP contribution in [0.3, 0.4) is 0 Å². The number of benzene rings is 2. The van der Waals surface area contributed by atoms with Gasteiger partial charge < -0.3 is 5.32 Å². The summed E-state index contributed by atoms with van der Waals surface area (Å²) in [6.45, 7) is 3.32. The van der Waals surface area contributed by atoms with Crippen LogP contribution in [-0.2, 0) is 0 Å². The quantitative estimate of drug-likeness (QED) is 0.736. The largest absolute Gasteiger partial charge is 0.310 e. The molecular formula is C18H23NS. The van der Waals surface area contributed by atoms with Crippen molar-refractivity contribution in [1.82, 2.24) is 5.32 Å². The van der Waals surface area contributed by atoms with Crippen LogP contribution in [0.2, 0.25) is 0 Å². The van der Waals surface area contributed by atoms with Gasteiger partial charge in [-0.15, -0.1) is 0 Å². The van der Waals surface area contributed by atoms with E-state index in [1.807, 2.05) is 11.8 Å². The van der Waals surface area contributed by atoms with Crippen molar-refractivity contribution in [3.8, 4) is 11.1 Å². The van der Waals surface area contributed by atoms with Gasteiger partial charge in [-0.2, -0.15) is 11.8 Å². The fourth-order valence-corrected chi connectivity index (χ4v) is 2.68. The standard InChI is InChI=1S/C18H23NS/c1-15(19-13-6-14-20-2)16-9-11-18(12-10-16)17-7-4-3-5-8-17/h3-5,7-12,15,19H,6,13-14H2,1-2H3. The van der Waals surface area contributed by atoms with Crippen LogP contribution in [0.1, 0.15) is 24.9 Å². The third kappa shape index (κ3) is 4.39. The number of rotatable bonds is 7. The Balaban J connectivity index is 1.94. The van der Waals surface area contributed by atoms with Crippen molar-refractivity contribution < 1.29 is 0 Å². The van der Waals surface area contributed by atoms with Gasteiger partial charge in [0.25, 0.3) is 0 Å². The molecule has 0 heterocycles. The molecule has 1 unspecified atom stereocenters. The zero-order chi connectivity index (χ0) is 14.2. The second-order valence-corrected chi connectivity index (χ2v) is 6.00. The van der Waals surface area contributed by atoms with Gasteiger partial charge in [-0.3, -0.25) is 0 Å². The highest BCUT2D eigenvalue weighted by Crippen LogP contribution is 2.21. The summed E-state index contributed by atoms with van der Waals surface area (Å²) in [7, 11) is 0. The molecule has 106 valence electrons. The van der Waals surface area contributed by atoms with Gasteiger partial charge in [0.15, 0.2) is 0 Å².